The van der Waals surface area contributed by atoms with E-state index < -0.39 is 6.10 Å². The Morgan fingerprint density at radius 1 is 1.20 bits per heavy atom. The van der Waals surface area contributed by atoms with Crippen molar-refractivity contribution < 1.29 is 9.84 Å². The van der Waals surface area contributed by atoms with E-state index in [9.17, 15) is 5.11 Å². The molecule has 2 rings (SSSR count). The highest BCUT2D eigenvalue weighted by Crippen LogP contribution is 2.22. The summed E-state index contributed by atoms with van der Waals surface area (Å²) in [6.07, 6.45) is 4.75. The molecule has 1 aliphatic rings. The SMILES string of the molecule is OC(COC1CCCC1)c1ccccc1. The van der Waals surface area contributed by atoms with Crippen molar-refractivity contribution in [3.05, 3.63) is 35.9 Å². The van der Waals surface area contributed by atoms with Crippen LogP contribution in [0.25, 0.3) is 0 Å². The van der Waals surface area contributed by atoms with Crippen LogP contribution >= 0.6 is 0 Å². The molecule has 0 bridgehead atoms. The molecule has 1 N–H and O–H groups in total. The average Bonchev–Trinajstić information content (AvgIpc) is 2.80. The monoisotopic (exact) mass is 206 g/mol. The Morgan fingerprint density at radius 3 is 2.53 bits per heavy atom. The highest BCUT2D eigenvalue weighted by atomic mass is 16.5. The van der Waals surface area contributed by atoms with Crippen LogP contribution in [0.4, 0.5) is 0 Å². The van der Waals surface area contributed by atoms with E-state index in [2.05, 4.69) is 0 Å². The smallest absolute Gasteiger partial charge is 0.102 e. The molecule has 1 aromatic carbocycles. The van der Waals surface area contributed by atoms with Gasteiger partial charge in [0.1, 0.15) is 6.10 Å². The number of ether oxygens (including phenoxy) is 1. The first-order chi connectivity index (χ1) is 7.36. The van der Waals surface area contributed by atoms with Crippen LogP contribution in [-0.2, 0) is 4.74 Å². The molecule has 1 aliphatic carbocycles. The summed E-state index contributed by atoms with van der Waals surface area (Å²) in [6, 6.07) is 9.70. The molecule has 0 spiro atoms. The molecular weight excluding hydrogens is 188 g/mol. The Bertz CT molecular complexity index is 278. The van der Waals surface area contributed by atoms with Gasteiger partial charge in [0.15, 0.2) is 0 Å². The van der Waals surface area contributed by atoms with Gasteiger partial charge in [0, 0.05) is 0 Å². The maximum Gasteiger partial charge on any atom is 0.102 e. The zero-order chi connectivity index (χ0) is 10.5. The quantitative estimate of drug-likeness (QED) is 0.820. The number of hydrogen-bond donors (Lipinski definition) is 1. The van der Waals surface area contributed by atoms with Gasteiger partial charge >= 0.3 is 0 Å². The van der Waals surface area contributed by atoms with Crippen LogP contribution in [0.15, 0.2) is 30.3 Å². The first-order valence-electron chi connectivity index (χ1n) is 5.71. The Morgan fingerprint density at radius 2 is 1.87 bits per heavy atom. The number of benzene rings is 1. The fourth-order valence-corrected chi connectivity index (χ4v) is 2.05. The van der Waals surface area contributed by atoms with E-state index >= 15 is 0 Å². The van der Waals surface area contributed by atoms with E-state index in [4.69, 9.17) is 4.74 Å². The average molecular weight is 206 g/mol. The maximum absolute atomic E-state index is 9.86. The highest BCUT2D eigenvalue weighted by Gasteiger charge is 2.17. The van der Waals surface area contributed by atoms with Gasteiger partial charge in [-0.1, -0.05) is 43.2 Å². The summed E-state index contributed by atoms with van der Waals surface area (Å²) >= 11 is 0. The number of rotatable bonds is 4. The standard InChI is InChI=1S/C13H18O2/c14-13(11-6-2-1-3-7-11)10-15-12-8-4-5-9-12/h1-3,6-7,12-14H,4-5,8-10H2. The second-order valence-corrected chi connectivity index (χ2v) is 4.17. The first-order valence-corrected chi connectivity index (χ1v) is 5.71. The van der Waals surface area contributed by atoms with E-state index in [1.54, 1.807) is 0 Å². The van der Waals surface area contributed by atoms with Gasteiger partial charge in [0.2, 0.25) is 0 Å². The summed E-state index contributed by atoms with van der Waals surface area (Å²) < 4.78 is 5.67. The molecule has 0 saturated heterocycles. The van der Waals surface area contributed by atoms with E-state index in [1.807, 2.05) is 30.3 Å². The van der Waals surface area contributed by atoms with Crippen molar-refractivity contribution >= 4 is 0 Å². The molecule has 0 amide bonds. The van der Waals surface area contributed by atoms with Crippen molar-refractivity contribution in [1.82, 2.24) is 0 Å². The summed E-state index contributed by atoms with van der Waals surface area (Å²) in [5, 5.41) is 9.86. The lowest BCUT2D eigenvalue weighted by atomic mass is 10.1. The van der Waals surface area contributed by atoms with Crippen molar-refractivity contribution in [2.75, 3.05) is 6.61 Å². The fourth-order valence-electron chi connectivity index (χ4n) is 2.05. The van der Waals surface area contributed by atoms with Crippen molar-refractivity contribution in [3.8, 4) is 0 Å². The normalized spacial score (nSPS) is 19.3. The number of aliphatic hydroxyl groups is 1. The lowest BCUT2D eigenvalue weighted by Crippen LogP contribution is -2.14. The van der Waals surface area contributed by atoms with Gasteiger partial charge in [-0.05, 0) is 18.4 Å². The highest BCUT2D eigenvalue weighted by molar-refractivity contribution is 5.17. The van der Waals surface area contributed by atoms with Crippen molar-refractivity contribution in [1.29, 1.82) is 0 Å². The van der Waals surface area contributed by atoms with Crippen LogP contribution in [0, 0.1) is 0 Å². The summed E-state index contributed by atoms with van der Waals surface area (Å²) in [5.74, 6) is 0. The van der Waals surface area contributed by atoms with Gasteiger partial charge in [0.25, 0.3) is 0 Å². The molecule has 1 unspecified atom stereocenters. The largest absolute Gasteiger partial charge is 0.386 e. The molecule has 15 heavy (non-hydrogen) atoms. The lowest BCUT2D eigenvalue weighted by Gasteiger charge is -2.15. The maximum atomic E-state index is 9.86. The molecule has 1 saturated carbocycles. The molecule has 2 heteroatoms. The number of aliphatic hydroxyl groups excluding tert-OH is 1. The molecule has 1 atom stereocenters. The summed E-state index contributed by atoms with van der Waals surface area (Å²) in [4.78, 5) is 0. The van der Waals surface area contributed by atoms with Crippen LogP contribution in [0.3, 0.4) is 0 Å². The van der Waals surface area contributed by atoms with Crippen molar-refractivity contribution in [2.24, 2.45) is 0 Å². The Balaban J connectivity index is 1.79. The molecule has 0 heterocycles. The minimum absolute atomic E-state index is 0.378. The van der Waals surface area contributed by atoms with Crippen LogP contribution in [0.1, 0.15) is 37.4 Å². The zero-order valence-electron chi connectivity index (χ0n) is 8.93. The van der Waals surface area contributed by atoms with Gasteiger partial charge in [-0.15, -0.1) is 0 Å². The summed E-state index contributed by atoms with van der Waals surface area (Å²) in [5.41, 5.74) is 0.940. The number of hydrogen-bond acceptors (Lipinski definition) is 2. The molecule has 82 valence electrons. The molecule has 0 radical (unpaired) electrons. The van der Waals surface area contributed by atoms with Gasteiger partial charge < -0.3 is 9.84 Å². The molecule has 2 nitrogen and oxygen atoms in total. The van der Waals surface area contributed by atoms with Crippen LogP contribution < -0.4 is 0 Å². The second kappa shape index (κ2) is 5.29. The minimum Gasteiger partial charge on any atom is -0.386 e. The topological polar surface area (TPSA) is 29.5 Å². The van der Waals surface area contributed by atoms with Crippen LogP contribution in [-0.4, -0.2) is 17.8 Å². The van der Waals surface area contributed by atoms with Crippen molar-refractivity contribution in [2.45, 2.75) is 37.9 Å². The predicted octanol–water partition coefficient (Wildman–Crippen LogP) is 2.68. The lowest BCUT2D eigenvalue weighted by molar-refractivity contribution is -0.00698. The molecule has 0 aliphatic heterocycles. The van der Waals surface area contributed by atoms with Crippen LogP contribution in [0.5, 0.6) is 0 Å². The Labute approximate surface area is 90.9 Å². The van der Waals surface area contributed by atoms with E-state index in [-0.39, 0.29) is 0 Å². The second-order valence-electron chi connectivity index (χ2n) is 4.17. The first kappa shape index (κ1) is 10.7. The third-order valence-corrected chi connectivity index (χ3v) is 2.98. The summed E-state index contributed by atoms with van der Waals surface area (Å²) in [7, 11) is 0. The molecule has 1 fully saturated rings. The zero-order valence-corrected chi connectivity index (χ0v) is 8.93. The molecule has 0 aromatic heterocycles. The van der Waals surface area contributed by atoms with E-state index in [0.29, 0.717) is 12.7 Å². The molecule has 1 aromatic rings. The fraction of sp³-hybridized carbons (Fsp3) is 0.538. The van der Waals surface area contributed by atoms with E-state index in [1.165, 1.54) is 12.8 Å². The minimum atomic E-state index is -0.480. The Kier molecular flexibility index (Phi) is 3.75. The summed E-state index contributed by atoms with van der Waals surface area (Å²) in [6.45, 7) is 0.425. The predicted molar refractivity (Wildman–Crippen MR) is 59.6 cm³/mol. The third kappa shape index (κ3) is 3.05. The van der Waals surface area contributed by atoms with E-state index in [0.717, 1.165) is 18.4 Å². The third-order valence-electron chi connectivity index (χ3n) is 2.98. The van der Waals surface area contributed by atoms with Crippen molar-refractivity contribution in [3.63, 3.8) is 0 Å². The van der Waals surface area contributed by atoms with Gasteiger partial charge in [-0.25, -0.2) is 0 Å². The van der Waals surface area contributed by atoms with Crippen LogP contribution in [0.2, 0.25) is 0 Å². The van der Waals surface area contributed by atoms with Gasteiger partial charge in [-0.2, -0.15) is 0 Å². The van der Waals surface area contributed by atoms with Gasteiger partial charge in [-0.3, -0.25) is 0 Å². The molecular formula is C13H18O2. The Hall–Kier alpha value is -0.860. The van der Waals surface area contributed by atoms with Gasteiger partial charge in [0.05, 0.1) is 12.7 Å².